The quantitative estimate of drug-likeness (QED) is 0.808. The molecule has 0 radical (unpaired) electrons. The van der Waals surface area contributed by atoms with E-state index in [1.807, 2.05) is 6.07 Å². The highest BCUT2D eigenvalue weighted by Gasteiger charge is 2.29. The van der Waals surface area contributed by atoms with Crippen LogP contribution in [0.4, 0.5) is 11.4 Å². The first kappa shape index (κ1) is 19.1. The van der Waals surface area contributed by atoms with Crippen LogP contribution >= 0.6 is 0 Å². The van der Waals surface area contributed by atoms with Crippen LogP contribution in [-0.4, -0.2) is 30.7 Å². The molecule has 0 spiro atoms. The normalized spacial score (nSPS) is 15.2. The lowest BCUT2D eigenvalue weighted by Crippen LogP contribution is -2.42. The van der Waals surface area contributed by atoms with E-state index in [1.165, 1.54) is 4.90 Å². The molecule has 1 aliphatic heterocycles. The third kappa shape index (κ3) is 4.01. The number of amides is 2. The Kier molecular flexibility index (Phi) is 5.41. The first-order valence-electron chi connectivity index (χ1n) is 8.80. The van der Waals surface area contributed by atoms with Crippen LogP contribution in [-0.2, 0) is 9.59 Å². The van der Waals surface area contributed by atoms with E-state index in [2.05, 4.69) is 5.32 Å². The molecule has 28 heavy (non-hydrogen) atoms. The van der Waals surface area contributed by atoms with E-state index in [0.717, 1.165) is 0 Å². The maximum atomic E-state index is 12.5. The van der Waals surface area contributed by atoms with Crippen molar-refractivity contribution in [3.63, 3.8) is 0 Å². The summed E-state index contributed by atoms with van der Waals surface area (Å²) in [6.07, 6.45) is -0.533. The van der Waals surface area contributed by atoms with Crippen molar-refractivity contribution in [3.05, 3.63) is 53.6 Å². The van der Waals surface area contributed by atoms with Gasteiger partial charge in [0.1, 0.15) is 5.75 Å². The van der Waals surface area contributed by atoms with Crippen LogP contribution in [0.1, 0.15) is 35.7 Å². The number of fused-ring (bicyclic) bond motifs is 1. The Bertz CT molecular complexity index is 993. The molecule has 3 rings (SSSR count). The van der Waals surface area contributed by atoms with Gasteiger partial charge in [0, 0.05) is 31.1 Å². The van der Waals surface area contributed by atoms with Gasteiger partial charge in [-0.3, -0.25) is 14.4 Å². The van der Waals surface area contributed by atoms with Gasteiger partial charge in [-0.05, 0) is 43.3 Å². The average molecular weight is 377 g/mol. The molecular formula is C21H19N3O4. The minimum atomic E-state index is -0.567. The molecule has 0 aromatic heterocycles. The summed E-state index contributed by atoms with van der Waals surface area (Å²) in [5.74, 6) is -0.161. The summed E-state index contributed by atoms with van der Waals surface area (Å²) in [6, 6.07) is 13.5. The first-order valence-corrected chi connectivity index (χ1v) is 8.80. The van der Waals surface area contributed by atoms with Gasteiger partial charge in [0.2, 0.25) is 5.91 Å². The number of rotatable bonds is 5. The van der Waals surface area contributed by atoms with Crippen LogP contribution in [0.3, 0.4) is 0 Å². The van der Waals surface area contributed by atoms with Crippen molar-refractivity contribution in [2.45, 2.75) is 25.9 Å². The number of ketones is 1. The van der Waals surface area contributed by atoms with E-state index in [4.69, 9.17) is 10.00 Å². The van der Waals surface area contributed by atoms with E-state index in [9.17, 15) is 14.4 Å². The average Bonchev–Trinajstić information content (AvgIpc) is 2.70. The molecule has 1 N–H and O–H groups in total. The molecule has 1 aliphatic rings. The Hall–Kier alpha value is -3.66. The number of anilines is 2. The monoisotopic (exact) mass is 377 g/mol. The number of hydrogen-bond acceptors (Lipinski definition) is 5. The van der Waals surface area contributed by atoms with Crippen molar-refractivity contribution in [2.75, 3.05) is 17.3 Å². The van der Waals surface area contributed by atoms with Gasteiger partial charge in [-0.1, -0.05) is 6.07 Å². The van der Waals surface area contributed by atoms with Crippen LogP contribution in [0, 0.1) is 11.3 Å². The van der Waals surface area contributed by atoms with Gasteiger partial charge in [0.05, 0.1) is 17.3 Å². The summed E-state index contributed by atoms with van der Waals surface area (Å²) in [4.78, 5) is 38.1. The molecule has 0 fully saturated rings. The fourth-order valence-electron chi connectivity index (χ4n) is 2.95. The zero-order valence-electron chi connectivity index (χ0n) is 15.6. The summed E-state index contributed by atoms with van der Waals surface area (Å²) in [7, 11) is 1.64. The van der Waals surface area contributed by atoms with Gasteiger partial charge in [0.25, 0.3) is 5.91 Å². The number of likely N-dealkylation sites (N-methyl/N-ethyl adjacent to an activating group) is 1. The molecule has 2 aromatic rings. The van der Waals surface area contributed by atoms with E-state index in [1.54, 1.807) is 56.4 Å². The number of nitrogens with zero attached hydrogens (tertiary/aromatic N) is 2. The molecule has 7 heteroatoms. The summed E-state index contributed by atoms with van der Waals surface area (Å²) < 4.78 is 5.54. The molecule has 1 atom stereocenters. The SMILES string of the molecule is CC1Oc2ccc(C(=O)CCC(=O)Nc3cccc(C#N)c3)cc2N(C)C1=O. The van der Waals surface area contributed by atoms with Gasteiger partial charge in [-0.15, -0.1) is 0 Å². The van der Waals surface area contributed by atoms with Gasteiger partial charge in [-0.2, -0.15) is 5.26 Å². The second-order valence-corrected chi connectivity index (χ2v) is 6.50. The molecule has 1 heterocycles. The molecule has 0 aliphatic carbocycles. The largest absolute Gasteiger partial charge is 0.479 e. The fraction of sp³-hybridized carbons (Fsp3) is 0.238. The molecule has 0 saturated heterocycles. The van der Waals surface area contributed by atoms with Gasteiger partial charge >= 0.3 is 0 Å². The zero-order valence-corrected chi connectivity index (χ0v) is 15.6. The number of carbonyl (C=O) groups excluding carboxylic acids is 3. The summed E-state index contributed by atoms with van der Waals surface area (Å²) in [5, 5.41) is 11.6. The van der Waals surface area contributed by atoms with Gasteiger partial charge in [0.15, 0.2) is 11.9 Å². The van der Waals surface area contributed by atoms with Crippen LogP contribution in [0.2, 0.25) is 0 Å². The molecule has 7 nitrogen and oxygen atoms in total. The lowest BCUT2D eigenvalue weighted by Gasteiger charge is -2.30. The predicted molar refractivity (Wildman–Crippen MR) is 103 cm³/mol. The second kappa shape index (κ2) is 7.92. The third-order valence-electron chi connectivity index (χ3n) is 4.48. The second-order valence-electron chi connectivity index (χ2n) is 6.50. The highest BCUT2D eigenvalue weighted by molar-refractivity contribution is 6.04. The fourth-order valence-corrected chi connectivity index (χ4v) is 2.95. The predicted octanol–water partition coefficient (Wildman–Crippen LogP) is 2.90. The van der Waals surface area contributed by atoms with E-state index >= 15 is 0 Å². The van der Waals surface area contributed by atoms with Crippen molar-refractivity contribution in [1.29, 1.82) is 5.26 Å². The summed E-state index contributed by atoms with van der Waals surface area (Å²) >= 11 is 0. The molecular weight excluding hydrogens is 358 g/mol. The van der Waals surface area contributed by atoms with Crippen LogP contribution in [0.25, 0.3) is 0 Å². The lowest BCUT2D eigenvalue weighted by molar-refractivity contribution is -0.125. The molecule has 142 valence electrons. The highest BCUT2D eigenvalue weighted by Crippen LogP contribution is 2.34. The van der Waals surface area contributed by atoms with Crippen molar-refractivity contribution in [2.24, 2.45) is 0 Å². The Morgan fingerprint density at radius 1 is 1.21 bits per heavy atom. The summed E-state index contributed by atoms with van der Waals surface area (Å²) in [5.41, 5.74) is 1.90. The molecule has 2 aromatic carbocycles. The van der Waals surface area contributed by atoms with Gasteiger partial charge < -0.3 is 15.0 Å². The topological polar surface area (TPSA) is 99.5 Å². The van der Waals surface area contributed by atoms with Crippen molar-refractivity contribution < 1.29 is 19.1 Å². The Morgan fingerprint density at radius 3 is 2.75 bits per heavy atom. The van der Waals surface area contributed by atoms with E-state index in [-0.39, 0.29) is 30.4 Å². The number of hydrogen-bond donors (Lipinski definition) is 1. The number of nitriles is 1. The lowest BCUT2D eigenvalue weighted by atomic mass is 10.0. The maximum Gasteiger partial charge on any atom is 0.267 e. The number of carbonyl (C=O) groups is 3. The zero-order chi connectivity index (χ0) is 20.3. The third-order valence-corrected chi connectivity index (χ3v) is 4.48. The Labute approximate surface area is 162 Å². The molecule has 0 bridgehead atoms. The van der Waals surface area contributed by atoms with Crippen LogP contribution in [0.5, 0.6) is 5.75 Å². The van der Waals surface area contributed by atoms with Gasteiger partial charge in [-0.25, -0.2) is 0 Å². The van der Waals surface area contributed by atoms with Crippen LogP contribution < -0.4 is 15.0 Å². The first-order chi connectivity index (χ1) is 13.4. The number of benzene rings is 2. The maximum absolute atomic E-state index is 12.5. The van der Waals surface area contributed by atoms with E-state index in [0.29, 0.717) is 28.3 Å². The Balaban J connectivity index is 1.63. The van der Waals surface area contributed by atoms with Crippen molar-refractivity contribution >= 4 is 29.0 Å². The smallest absolute Gasteiger partial charge is 0.267 e. The van der Waals surface area contributed by atoms with Crippen molar-refractivity contribution in [3.8, 4) is 11.8 Å². The number of Topliss-reactive ketones (excluding diaryl/α,β-unsaturated/α-hetero) is 1. The van der Waals surface area contributed by atoms with Crippen LogP contribution in [0.15, 0.2) is 42.5 Å². The minimum Gasteiger partial charge on any atom is -0.479 e. The number of ether oxygens (including phenoxy) is 1. The summed E-state index contributed by atoms with van der Waals surface area (Å²) in [6.45, 7) is 1.67. The standard InChI is InChI=1S/C21H19N3O4/c1-13-21(27)24(2)17-11-15(6-8-19(17)28-13)18(25)7-9-20(26)23-16-5-3-4-14(10-16)12-22/h3-6,8,10-11,13H,7,9H2,1-2H3,(H,23,26). The Morgan fingerprint density at radius 2 is 2.00 bits per heavy atom. The molecule has 1 unspecified atom stereocenters. The number of nitrogens with one attached hydrogen (secondary N) is 1. The van der Waals surface area contributed by atoms with Crippen molar-refractivity contribution in [1.82, 2.24) is 0 Å². The minimum absolute atomic E-state index is 0.00893. The molecule has 0 saturated carbocycles. The molecule has 2 amide bonds. The van der Waals surface area contributed by atoms with E-state index < -0.39 is 6.10 Å². The highest BCUT2D eigenvalue weighted by atomic mass is 16.5.